The Morgan fingerprint density at radius 2 is 2.12 bits per heavy atom. The largest absolute Gasteiger partial charge is 0.481 e. The van der Waals surface area contributed by atoms with Crippen LogP contribution in [0.1, 0.15) is 23.7 Å². The van der Waals surface area contributed by atoms with E-state index in [0.29, 0.717) is 13.0 Å². The topological polar surface area (TPSA) is 104 Å². The predicted molar refractivity (Wildman–Crippen MR) is 92.6 cm³/mol. The van der Waals surface area contributed by atoms with Crippen molar-refractivity contribution in [2.75, 3.05) is 19.6 Å². The van der Waals surface area contributed by atoms with Gasteiger partial charge < -0.3 is 10.0 Å². The number of carboxylic acid groups (broad SMARTS) is 1. The van der Waals surface area contributed by atoms with Gasteiger partial charge >= 0.3 is 5.97 Å². The second-order valence-electron chi connectivity index (χ2n) is 6.25. The summed E-state index contributed by atoms with van der Waals surface area (Å²) in [4.78, 5) is 25.4. The average molecular weight is 366 g/mol. The number of nitrogens with zero attached hydrogens (tertiary/aromatic N) is 1. The standard InChI is InChI=1S/C17H22N2O5S/c1-3-7-18-25(23,24)15-6-4-5-13(9-15)16(20)19-10-12(2)8-14(11-19)17(21)22/h3-6,9,12,14,18H,1,7-8,10-11H2,2H3,(H,21,22). The predicted octanol–water partition coefficient (Wildman–Crippen LogP) is 1.33. The third-order valence-corrected chi connectivity index (χ3v) is 5.53. The monoisotopic (exact) mass is 366 g/mol. The second-order valence-corrected chi connectivity index (χ2v) is 8.02. The Bertz CT molecular complexity index is 775. The number of carbonyl (C=O) groups excluding carboxylic acids is 1. The molecule has 0 aromatic heterocycles. The highest BCUT2D eigenvalue weighted by atomic mass is 32.2. The van der Waals surface area contributed by atoms with E-state index in [1.807, 2.05) is 6.92 Å². The number of carbonyl (C=O) groups is 2. The van der Waals surface area contributed by atoms with Gasteiger partial charge in [-0.3, -0.25) is 9.59 Å². The summed E-state index contributed by atoms with van der Waals surface area (Å²) in [6, 6.07) is 5.74. The molecule has 1 amide bonds. The molecule has 0 spiro atoms. The highest BCUT2D eigenvalue weighted by molar-refractivity contribution is 7.89. The summed E-state index contributed by atoms with van der Waals surface area (Å²) >= 11 is 0. The van der Waals surface area contributed by atoms with Crippen molar-refractivity contribution in [3.8, 4) is 0 Å². The van der Waals surface area contributed by atoms with Crippen LogP contribution in [0.3, 0.4) is 0 Å². The number of hydrogen-bond acceptors (Lipinski definition) is 4. The fraction of sp³-hybridized carbons (Fsp3) is 0.412. The van der Waals surface area contributed by atoms with E-state index in [0.717, 1.165) is 0 Å². The first kappa shape index (κ1) is 19.1. The van der Waals surface area contributed by atoms with E-state index in [2.05, 4.69) is 11.3 Å². The van der Waals surface area contributed by atoms with E-state index in [1.54, 1.807) is 0 Å². The van der Waals surface area contributed by atoms with Crippen LogP contribution < -0.4 is 4.72 Å². The molecule has 1 aliphatic heterocycles. The Morgan fingerprint density at radius 1 is 1.40 bits per heavy atom. The minimum absolute atomic E-state index is 0.0138. The van der Waals surface area contributed by atoms with Gasteiger partial charge in [0.25, 0.3) is 5.91 Å². The zero-order chi connectivity index (χ0) is 18.6. The van der Waals surface area contributed by atoms with Gasteiger partial charge in [-0.05, 0) is 30.5 Å². The van der Waals surface area contributed by atoms with Crippen LogP contribution in [-0.4, -0.2) is 49.9 Å². The lowest BCUT2D eigenvalue weighted by Crippen LogP contribution is -2.45. The lowest BCUT2D eigenvalue weighted by Gasteiger charge is -2.34. The van der Waals surface area contributed by atoms with Crippen LogP contribution >= 0.6 is 0 Å². The molecule has 1 aromatic carbocycles. The molecule has 0 bridgehead atoms. The van der Waals surface area contributed by atoms with Gasteiger partial charge in [-0.1, -0.05) is 19.1 Å². The Morgan fingerprint density at radius 3 is 2.76 bits per heavy atom. The summed E-state index contributed by atoms with van der Waals surface area (Å²) in [5.74, 6) is -1.82. The molecule has 1 aliphatic rings. The summed E-state index contributed by atoms with van der Waals surface area (Å²) in [7, 11) is -3.73. The highest BCUT2D eigenvalue weighted by Gasteiger charge is 2.32. The van der Waals surface area contributed by atoms with Gasteiger partial charge in [0.05, 0.1) is 10.8 Å². The van der Waals surface area contributed by atoms with Crippen molar-refractivity contribution < 1.29 is 23.1 Å². The third kappa shape index (κ3) is 4.67. The number of carboxylic acids is 1. The number of aliphatic carboxylic acids is 1. The van der Waals surface area contributed by atoms with Crippen molar-refractivity contribution >= 4 is 21.9 Å². The molecule has 7 nitrogen and oxygen atoms in total. The summed E-state index contributed by atoms with van der Waals surface area (Å²) in [6.45, 7) is 6.02. The maximum absolute atomic E-state index is 12.7. The highest BCUT2D eigenvalue weighted by Crippen LogP contribution is 2.24. The quantitative estimate of drug-likeness (QED) is 0.739. The van der Waals surface area contributed by atoms with Crippen LogP contribution in [0.15, 0.2) is 41.8 Å². The van der Waals surface area contributed by atoms with Gasteiger partial charge in [0.2, 0.25) is 10.0 Å². The number of benzene rings is 1. The van der Waals surface area contributed by atoms with Crippen molar-refractivity contribution in [2.24, 2.45) is 11.8 Å². The van der Waals surface area contributed by atoms with Gasteiger partial charge in [0, 0.05) is 25.2 Å². The molecule has 0 radical (unpaired) electrons. The lowest BCUT2D eigenvalue weighted by molar-refractivity contribution is -0.143. The molecule has 2 atom stereocenters. The second kappa shape index (κ2) is 7.79. The molecular weight excluding hydrogens is 344 g/mol. The van der Waals surface area contributed by atoms with Crippen LogP contribution in [0.25, 0.3) is 0 Å². The SMILES string of the molecule is C=CCNS(=O)(=O)c1cccc(C(=O)N2CC(C)CC(C(=O)O)C2)c1. The van der Waals surface area contributed by atoms with E-state index in [-0.39, 0.29) is 35.4 Å². The molecular formula is C17H22N2O5S. The molecule has 8 heteroatoms. The molecule has 2 N–H and O–H groups in total. The van der Waals surface area contributed by atoms with Crippen LogP contribution in [0.4, 0.5) is 0 Å². The van der Waals surface area contributed by atoms with Crippen molar-refractivity contribution in [1.29, 1.82) is 0 Å². The van der Waals surface area contributed by atoms with Gasteiger partial charge in [-0.25, -0.2) is 13.1 Å². The van der Waals surface area contributed by atoms with E-state index in [1.165, 1.54) is 35.2 Å². The minimum Gasteiger partial charge on any atom is -0.481 e. The van der Waals surface area contributed by atoms with Gasteiger partial charge in [0.1, 0.15) is 0 Å². The lowest BCUT2D eigenvalue weighted by atomic mass is 9.90. The van der Waals surface area contributed by atoms with Gasteiger partial charge in [0.15, 0.2) is 0 Å². The fourth-order valence-electron chi connectivity index (χ4n) is 2.93. The van der Waals surface area contributed by atoms with E-state index < -0.39 is 21.9 Å². The Balaban J connectivity index is 2.23. The summed E-state index contributed by atoms with van der Waals surface area (Å²) < 4.78 is 26.7. The number of amides is 1. The molecule has 1 fully saturated rings. The molecule has 1 aromatic rings. The Kier molecular flexibility index (Phi) is 5.97. The first-order valence-electron chi connectivity index (χ1n) is 7.97. The molecule has 2 unspecified atom stereocenters. The van der Waals surface area contributed by atoms with Gasteiger partial charge in [-0.15, -0.1) is 6.58 Å². The summed E-state index contributed by atoms with van der Waals surface area (Å²) in [6.07, 6.45) is 1.95. The maximum Gasteiger partial charge on any atom is 0.308 e. The van der Waals surface area contributed by atoms with Crippen molar-refractivity contribution in [3.05, 3.63) is 42.5 Å². The molecule has 136 valence electrons. The number of rotatable bonds is 6. The zero-order valence-electron chi connectivity index (χ0n) is 14.0. The number of likely N-dealkylation sites (tertiary alicyclic amines) is 1. The van der Waals surface area contributed by atoms with E-state index in [4.69, 9.17) is 0 Å². The molecule has 25 heavy (non-hydrogen) atoms. The molecule has 2 rings (SSSR count). The maximum atomic E-state index is 12.7. The third-order valence-electron chi connectivity index (χ3n) is 4.11. The smallest absolute Gasteiger partial charge is 0.308 e. The number of sulfonamides is 1. The number of nitrogens with one attached hydrogen (secondary N) is 1. The molecule has 0 aliphatic carbocycles. The summed E-state index contributed by atoms with van der Waals surface area (Å²) in [5, 5.41) is 9.23. The van der Waals surface area contributed by atoms with Gasteiger partial charge in [-0.2, -0.15) is 0 Å². The normalized spacial score (nSPS) is 20.9. The minimum atomic E-state index is -3.73. The average Bonchev–Trinajstić information content (AvgIpc) is 2.59. The van der Waals surface area contributed by atoms with Crippen molar-refractivity contribution in [2.45, 2.75) is 18.2 Å². The first-order valence-corrected chi connectivity index (χ1v) is 9.45. The van der Waals surface area contributed by atoms with E-state index >= 15 is 0 Å². The van der Waals surface area contributed by atoms with Crippen LogP contribution in [0, 0.1) is 11.8 Å². The van der Waals surface area contributed by atoms with Crippen LogP contribution in [0.2, 0.25) is 0 Å². The number of hydrogen-bond donors (Lipinski definition) is 2. The fourth-order valence-corrected chi connectivity index (χ4v) is 3.97. The first-order chi connectivity index (χ1) is 11.7. The molecule has 1 heterocycles. The molecule has 0 saturated carbocycles. The van der Waals surface area contributed by atoms with E-state index in [9.17, 15) is 23.1 Å². The number of piperidine rings is 1. The summed E-state index contributed by atoms with van der Waals surface area (Å²) in [5.41, 5.74) is 0.222. The van der Waals surface area contributed by atoms with Crippen LogP contribution in [0.5, 0.6) is 0 Å². The van der Waals surface area contributed by atoms with Crippen molar-refractivity contribution in [1.82, 2.24) is 9.62 Å². The van der Waals surface area contributed by atoms with Crippen molar-refractivity contribution in [3.63, 3.8) is 0 Å². The molecule has 1 saturated heterocycles. The Hall–Kier alpha value is -2.19. The zero-order valence-corrected chi connectivity index (χ0v) is 14.8. The Labute approximate surface area is 147 Å². The van der Waals surface area contributed by atoms with Crippen LogP contribution in [-0.2, 0) is 14.8 Å².